The molecule has 1 aromatic rings. The second kappa shape index (κ2) is 5.71. The maximum Gasteiger partial charge on any atom is 0.223 e. The van der Waals surface area contributed by atoms with Gasteiger partial charge in [0.2, 0.25) is 5.95 Å². The van der Waals surface area contributed by atoms with Gasteiger partial charge in [0.15, 0.2) is 0 Å². The first-order valence-corrected chi connectivity index (χ1v) is 7.41. The molecular formula is C13H21N3S. The number of anilines is 1. The molecule has 0 bridgehead atoms. The first kappa shape index (κ1) is 12.7. The van der Waals surface area contributed by atoms with Crippen molar-refractivity contribution in [1.29, 1.82) is 0 Å². The number of aryl methyl sites for hydroxylation is 1. The van der Waals surface area contributed by atoms with Crippen molar-refractivity contribution in [2.24, 2.45) is 0 Å². The Kier molecular flexibility index (Phi) is 4.26. The summed E-state index contributed by atoms with van der Waals surface area (Å²) in [6.45, 7) is 7.35. The molecule has 94 valence electrons. The molecule has 0 saturated carbocycles. The van der Waals surface area contributed by atoms with E-state index >= 15 is 0 Å². The zero-order chi connectivity index (χ0) is 12.3. The summed E-state index contributed by atoms with van der Waals surface area (Å²) in [5.74, 6) is 2.55. The lowest BCUT2D eigenvalue weighted by atomic mass is 10.1. The normalized spacial score (nSPS) is 19.9. The van der Waals surface area contributed by atoms with Crippen molar-refractivity contribution in [1.82, 2.24) is 9.97 Å². The van der Waals surface area contributed by atoms with Crippen molar-refractivity contribution >= 4 is 17.7 Å². The van der Waals surface area contributed by atoms with Crippen molar-refractivity contribution in [2.75, 3.05) is 17.6 Å². The standard InChI is InChI=1S/C13H21N3S/c1-9(2)12-7-10(3)15-13(16-12)14-8-11-5-4-6-17-11/h7,9,11H,4-6,8H2,1-3H3,(H,14,15,16). The van der Waals surface area contributed by atoms with Crippen LogP contribution in [0.2, 0.25) is 0 Å². The van der Waals surface area contributed by atoms with Gasteiger partial charge in [-0.25, -0.2) is 9.97 Å². The molecule has 0 aromatic carbocycles. The Morgan fingerprint density at radius 1 is 1.47 bits per heavy atom. The van der Waals surface area contributed by atoms with Crippen LogP contribution in [0.4, 0.5) is 5.95 Å². The van der Waals surface area contributed by atoms with Crippen LogP contribution in [0.5, 0.6) is 0 Å². The minimum Gasteiger partial charge on any atom is -0.353 e. The molecule has 1 aromatic heterocycles. The van der Waals surface area contributed by atoms with Gasteiger partial charge in [0.25, 0.3) is 0 Å². The fraction of sp³-hybridized carbons (Fsp3) is 0.692. The van der Waals surface area contributed by atoms with Crippen molar-refractivity contribution in [2.45, 2.75) is 44.8 Å². The molecule has 0 radical (unpaired) electrons. The van der Waals surface area contributed by atoms with E-state index < -0.39 is 0 Å². The van der Waals surface area contributed by atoms with E-state index in [9.17, 15) is 0 Å². The summed E-state index contributed by atoms with van der Waals surface area (Å²) in [5.41, 5.74) is 2.17. The van der Waals surface area contributed by atoms with Crippen LogP contribution in [-0.2, 0) is 0 Å². The summed E-state index contributed by atoms with van der Waals surface area (Å²) in [4.78, 5) is 9.01. The lowest BCUT2D eigenvalue weighted by molar-refractivity contribution is 0.786. The first-order chi connectivity index (χ1) is 8.15. The highest BCUT2D eigenvalue weighted by molar-refractivity contribution is 8.00. The molecule has 0 aliphatic carbocycles. The van der Waals surface area contributed by atoms with E-state index in [1.165, 1.54) is 18.6 Å². The molecule has 2 heterocycles. The number of rotatable bonds is 4. The molecule has 1 unspecified atom stereocenters. The Bertz CT molecular complexity index is 373. The van der Waals surface area contributed by atoms with E-state index in [2.05, 4.69) is 47.0 Å². The third-order valence-electron chi connectivity index (χ3n) is 2.98. The van der Waals surface area contributed by atoms with Crippen LogP contribution in [0.1, 0.15) is 44.0 Å². The number of hydrogen-bond donors (Lipinski definition) is 1. The van der Waals surface area contributed by atoms with E-state index in [4.69, 9.17) is 0 Å². The van der Waals surface area contributed by atoms with Crippen LogP contribution in [-0.4, -0.2) is 27.5 Å². The van der Waals surface area contributed by atoms with Crippen LogP contribution in [0.3, 0.4) is 0 Å². The van der Waals surface area contributed by atoms with Crippen LogP contribution in [0.15, 0.2) is 6.07 Å². The highest BCUT2D eigenvalue weighted by Gasteiger charge is 2.15. The van der Waals surface area contributed by atoms with Crippen molar-refractivity contribution in [3.05, 3.63) is 17.5 Å². The molecule has 1 N–H and O–H groups in total. The summed E-state index contributed by atoms with van der Waals surface area (Å²) in [5, 5.41) is 4.12. The summed E-state index contributed by atoms with van der Waals surface area (Å²) in [7, 11) is 0. The second-order valence-corrected chi connectivity index (χ2v) is 6.34. The minimum absolute atomic E-state index is 0.457. The quantitative estimate of drug-likeness (QED) is 0.891. The third-order valence-corrected chi connectivity index (χ3v) is 4.38. The van der Waals surface area contributed by atoms with Gasteiger partial charge in [-0.05, 0) is 37.5 Å². The summed E-state index contributed by atoms with van der Waals surface area (Å²) >= 11 is 2.06. The van der Waals surface area contributed by atoms with E-state index in [1.807, 2.05) is 6.92 Å². The third kappa shape index (κ3) is 3.60. The van der Waals surface area contributed by atoms with Gasteiger partial charge in [0, 0.05) is 23.2 Å². The monoisotopic (exact) mass is 251 g/mol. The van der Waals surface area contributed by atoms with Crippen molar-refractivity contribution in [3.8, 4) is 0 Å². The molecule has 3 nitrogen and oxygen atoms in total. The molecule has 1 fully saturated rings. The SMILES string of the molecule is Cc1cc(C(C)C)nc(NCC2CCCS2)n1. The number of thioether (sulfide) groups is 1. The van der Waals surface area contributed by atoms with Crippen LogP contribution in [0.25, 0.3) is 0 Å². The Morgan fingerprint density at radius 3 is 2.94 bits per heavy atom. The van der Waals surface area contributed by atoms with E-state index in [0.29, 0.717) is 5.92 Å². The fourth-order valence-corrected chi connectivity index (χ4v) is 3.18. The predicted octanol–water partition coefficient (Wildman–Crippen LogP) is 3.22. The summed E-state index contributed by atoms with van der Waals surface area (Å²) in [6, 6.07) is 2.07. The van der Waals surface area contributed by atoms with Gasteiger partial charge in [-0.15, -0.1) is 0 Å². The minimum atomic E-state index is 0.457. The molecule has 17 heavy (non-hydrogen) atoms. The highest BCUT2D eigenvalue weighted by atomic mass is 32.2. The Morgan fingerprint density at radius 2 is 2.29 bits per heavy atom. The molecule has 1 saturated heterocycles. The maximum atomic E-state index is 4.56. The molecular weight excluding hydrogens is 230 g/mol. The van der Waals surface area contributed by atoms with Crippen LogP contribution >= 0.6 is 11.8 Å². The van der Waals surface area contributed by atoms with Gasteiger partial charge >= 0.3 is 0 Å². The van der Waals surface area contributed by atoms with Gasteiger partial charge < -0.3 is 5.32 Å². The zero-order valence-corrected chi connectivity index (χ0v) is 11.7. The summed E-state index contributed by atoms with van der Waals surface area (Å²) < 4.78 is 0. The van der Waals surface area contributed by atoms with Gasteiger partial charge in [-0.3, -0.25) is 0 Å². The number of hydrogen-bond acceptors (Lipinski definition) is 4. The lowest BCUT2D eigenvalue weighted by Crippen LogP contribution is -2.16. The van der Waals surface area contributed by atoms with Crippen LogP contribution in [0, 0.1) is 6.92 Å². The molecule has 0 spiro atoms. The molecule has 1 aliphatic rings. The van der Waals surface area contributed by atoms with Gasteiger partial charge in [-0.2, -0.15) is 11.8 Å². The van der Waals surface area contributed by atoms with Gasteiger partial charge in [-0.1, -0.05) is 13.8 Å². The van der Waals surface area contributed by atoms with E-state index in [-0.39, 0.29) is 0 Å². The lowest BCUT2D eigenvalue weighted by Gasteiger charge is -2.12. The van der Waals surface area contributed by atoms with E-state index in [1.54, 1.807) is 0 Å². The second-order valence-electron chi connectivity index (χ2n) is 4.93. The molecule has 1 atom stereocenters. The van der Waals surface area contributed by atoms with Crippen molar-refractivity contribution < 1.29 is 0 Å². The Hall–Kier alpha value is -0.770. The largest absolute Gasteiger partial charge is 0.353 e. The average Bonchev–Trinajstić information content (AvgIpc) is 2.78. The number of aromatic nitrogens is 2. The topological polar surface area (TPSA) is 37.8 Å². The average molecular weight is 251 g/mol. The van der Waals surface area contributed by atoms with Crippen molar-refractivity contribution in [3.63, 3.8) is 0 Å². The summed E-state index contributed by atoms with van der Waals surface area (Å²) in [6.07, 6.45) is 2.67. The maximum absolute atomic E-state index is 4.56. The molecule has 2 rings (SSSR count). The Labute approximate surface area is 108 Å². The Balaban J connectivity index is 1.99. The van der Waals surface area contributed by atoms with Gasteiger partial charge in [0.1, 0.15) is 0 Å². The molecule has 1 aliphatic heterocycles. The number of nitrogens with zero attached hydrogens (tertiary/aromatic N) is 2. The molecule has 0 amide bonds. The molecule has 4 heteroatoms. The van der Waals surface area contributed by atoms with Crippen LogP contribution < -0.4 is 5.32 Å². The smallest absolute Gasteiger partial charge is 0.223 e. The highest BCUT2D eigenvalue weighted by Crippen LogP contribution is 2.26. The fourth-order valence-electron chi connectivity index (χ4n) is 1.98. The van der Waals surface area contributed by atoms with E-state index in [0.717, 1.165) is 29.1 Å². The first-order valence-electron chi connectivity index (χ1n) is 6.36. The number of nitrogens with one attached hydrogen (secondary N) is 1. The zero-order valence-electron chi connectivity index (χ0n) is 10.9. The van der Waals surface area contributed by atoms with Gasteiger partial charge in [0.05, 0.1) is 0 Å². The predicted molar refractivity (Wildman–Crippen MR) is 74.8 cm³/mol.